The van der Waals surface area contributed by atoms with E-state index in [1.54, 1.807) is 12.3 Å². The molecule has 7 N–H and O–H groups in total. The van der Waals surface area contributed by atoms with Gasteiger partial charge < -0.3 is 16.4 Å². The average Bonchev–Trinajstić information content (AvgIpc) is 2.71. The highest BCUT2D eigenvalue weighted by atomic mass is 15.4. The summed E-state index contributed by atoms with van der Waals surface area (Å²) in [5.74, 6) is 6.16. The minimum atomic E-state index is 0.160. The van der Waals surface area contributed by atoms with Gasteiger partial charge >= 0.3 is 0 Å². The van der Waals surface area contributed by atoms with Gasteiger partial charge in [0, 0.05) is 50.2 Å². The first-order valence-corrected chi connectivity index (χ1v) is 9.80. The third-order valence-electron chi connectivity index (χ3n) is 5.28. The molecular weight excluding hydrogens is 362 g/mol. The second-order valence-corrected chi connectivity index (χ2v) is 7.70. The molecule has 1 heterocycles. The van der Waals surface area contributed by atoms with Crippen LogP contribution in [0.5, 0.6) is 0 Å². The van der Waals surface area contributed by atoms with Crippen molar-refractivity contribution < 1.29 is 0 Å². The number of piperazine rings is 1. The topological polar surface area (TPSA) is 112 Å². The fraction of sp³-hybridized carbons (Fsp3) is 0.318. The van der Waals surface area contributed by atoms with Gasteiger partial charge in [0.1, 0.15) is 0 Å². The molecule has 1 aliphatic rings. The monoisotopic (exact) mass is 393 g/mol. The van der Waals surface area contributed by atoms with E-state index >= 15 is 0 Å². The van der Waals surface area contributed by atoms with Crippen LogP contribution < -0.4 is 22.3 Å². The van der Waals surface area contributed by atoms with Crippen LogP contribution in [-0.2, 0) is 6.54 Å². The zero-order valence-electron chi connectivity index (χ0n) is 17.2. The lowest BCUT2D eigenvalue weighted by Gasteiger charge is -2.32. The molecule has 0 amide bonds. The first-order valence-electron chi connectivity index (χ1n) is 9.80. The summed E-state index contributed by atoms with van der Waals surface area (Å²) < 4.78 is 0. The highest BCUT2D eigenvalue weighted by Crippen LogP contribution is 2.18. The van der Waals surface area contributed by atoms with Gasteiger partial charge in [0.25, 0.3) is 0 Å². The van der Waals surface area contributed by atoms with Gasteiger partial charge in [-0.2, -0.15) is 0 Å². The van der Waals surface area contributed by atoms with Crippen molar-refractivity contribution in [3.05, 3.63) is 71.1 Å². The number of likely N-dealkylation sites (N-methyl/N-ethyl adjacent to an activating group) is 1. The summed E-state index contributed by atoms with van der Waals surface area (Å²) >= 11 is 0. The van der Waals surface area contributed by atoms with Crippen molar-refractivity contribution >= 4 is 17.1 Å². The molecule has 1 saturated heterocycles. The fourth-order valence-corrected chi connectivity index (χ4v) is 3.37. The third-order valence-corrected chi connectivity index (χ3v) is 5.28. The number of allylic oxidation sites excluding steroid dienone is 1. The molecule has 1 fully saturated rings. The summed E-state index contributed by atoms with van der Waals surface area (Å²) in [6, 6.07) is 13.7. The predicted molar refractivity (Wildman–Crippen MR) is 121 cm³/mol. The molecular formula is C22H31N7. The standard InChI is InChI=1S/C22H31N7/c1-16-3-8-20(23)19(13-16)22(25)21(24)15-29(26)18-6-4-17(5-7-18)14-28-11-9-27(2)10-12-28/h3-8,13,15,25H,9-12,14,23-24,26H2,1-2H3/b21-15-,25-22?. The molecule has 7 heteroatoms. The molecule has 0 aliphatic carbocycles. The fourth-order valence-electron chi connectivity index (χ4n) is 3.37. The van der Waals surface area contributed by atoms with E-state index in [1.807, 2.05) is 31.2 Å². The van der Waals surface area contributed by atoms with Crippen LogP contribution in [0, 0.1) is 12.3 Å². The minimum Gasteiger partial charge on any atom is -0.398 e. The molecule has 0 saturated carbocycles. The van der Waals surface area contributed by atoms with Crippen molar-refractivity contribution in [2.75, 3.05) is 44.0 Å². The number of hydrogen-bond donors (Lipinski definition) is 4. The smallest absolute Gasteiger partial charge is 0.0877 e. The van der Waals surface area contributed by atoms with Crippen molar-refractivity contribution in [2.24, 2.45) is 11.6 Å². The lowest BCUT2D eigenvalue weighted by Crippen LogP contribution is -2.43. The van der Waals surface area contributed by atoms with Crippen molar-refractivity contribution in [3.63, 3.8) is 0 Å². The van der Waals surface area contributed by atoms with Crippen molar-refractivity contribution in [1.82, 2.24) is 9.80 Å². The normalized spacial score (nSPS) is 16.0. The van der Waals surface area contributed by atoms with E-state index in [0.29, 0.717) is 11.3 Å². The van der Waals surface area contributed by atoms with Crippen LogP contribution in [0.3, 0.4) is 0 Å². The zero-order valence-corrected chi connectivity index (χ0v) is 17.2. The summed E-state index contributed by atoms with van der Waals surface area (Å²) in [6.07, 6.45) is 1.56. The summed E-state index contributed by atoms with van der Waals surface area (Å²) in [7, 11) is 2.16. The molecule has 0 aromatic heterocycles. The molecule has 1 aliphatic heterocycles. The van der Waals surface area contributed by atoms with Crippen molar-refractivity contribution in [2.45, 2.75) is 13.5 Å². The number of nitrogen functional groups attached to an aromatic ring is 1. The van der Waals surface area contributed by atoms with E-state index in [0.717, 1.165) is 44.0 Å². The number of nitrogens with one attached hydrogen (secondary N) is 1. The number of aryl methyl sites for hydroxylation is 1. The number of nitrogens with two attached hydrogens (primary N) is 3. The van der Waals surface area contributed by atoms with E-state index in [1.165, 1.54) is 10.6 Å². The maximum atomic E-state index is 8.36. The SMILES string of the molecule is Cc1ccc(N)c(C(=N)/C(N)=C/N(N)c2ccc(CN3CCN(C)CC3)cc2)c1. The number of hydrogen-bond acceptors (Lipinski definition) is 7. The van der Waals surface area contributed by atoms with E-state index in [4.69, 9.17) is 22.7 Å². The molecule has 0 spiro atoms. The molecule has 2 aromatic rings. The number of nitrogens with zero attached hydrogens (tertiary/aromatic N) is 3. The second kappa shape index (κ2) is 9.09. The van der Waals surface area contributed by atoms with Crippen LogP contribution in [0.2, 0.25) is 0 Å². The quantitative estimate of drug-likeness (QED) is 0.258. The lowest BCUT2D eigenvalue weighted by molar-refractivity contribution is 0.148. The van der Waals surface area contributed by atoms with E-state index in [-0.39, 0.29) is 11.4 Å². The highest BCUT2D eigenvalue weighted by molar-refractivity contribution is 6.13. The minimum absolute atomic E-state index is 0.160. The summed E-state index contributed by atoms with van der Waals surface area (Å²) in [4.78, 5) is 4.81. The summed E-state index contributed by atoms with van der Waals surface area (Å²) in [5, 5.41) is 9.80. The Morgan fingerprint density at radius 1 is 1.10 bits per heavy atom. The van der Waals surface area contributed by atoms with Crippen LogP contribution in [0.25, 0.3) is 0 Å². The molecule has 7 nitrogen and oxygen atoms in total. The van der Waals surface area contributed by atoms with Crippen LogP contribution in [0.1, 0.15) is 16.7 Å². The summed E-state index contributed by atoms with van der Waals surface area (Å²) in [6.45, 7) is 7.28. The predicted octanol–water partition coefficient (Wildman–Crippen LogP) is 1.87. The molecule has 0 radical (unpaired) electrons. The van der Waals surface area contributed by atoms with Gasteiger partial charge in [-0.3, -0.25) is 15.3 Å². The van der Waals surface area contributed by atoms with Gasteiger partial charge in [-0.05, 0) is 43.8 Å². The number of anilines is 2. The Bertz CT molecular complexity index is 881. The van der Waals surface area contributed by atoms with Crippen molar-refractivity contribution in [1.29, 1.82) is 5.41 Å². The highest BCUT2D eigenvalue weighted by Gasteiger charge is 2.14. The number of benzene rings is 2. The van der Waals surface area contributed by atoms with Gasteiger partial charge in [-0.25, -0.2) is 5.84 Å². The van der Waals surface area contributed by atoms with Gasteiger partial charge in [-0.1, -0.05) is 23.8 Å². The lowest BCUT2D eigenvalue weighted by atomic mass is 10.0. The molecule has 154 valence electrons. The summed E-state index contributed by atoms with van der Waals surface area (Å²) in [5.41, 5.74) is 16.7. The Morgan fingerprint density at radius 2 is 1.76 bits per heavy atom. The Labute approximate surface area is 172 Å². The van der Waals surface area contributed by atoms with Gasteiger partial charge in [0.15, 0.2) is 0 Å². The van der Waals surface area contributed by atoms with Gasteiger partial charge in [0.05, 0.1) is 17.1 Å². The molecule has 3 rings (SSSR count). The first-order chi connectivity index (χ1) is 13.8. The van der Waals surface area contributed by atoms with Crippen LogP contribution >= 0.6 is 0 Å². The Kier molecular flexibility index (Phi) is 6.53. The molecule has 0 unspecified atom stereocenters. The van der Waals surface area contributed by atoms with Crippen LogP contribution in [-0.4, -0.2) is 48.7 Å². The maximum Gasteiger partial charge on any atom is 0.0877 e. The van der Waals surface area contributed by atoms with E-state index < -0.39 is 0 Å². The van der Waals surface area contributed by atoms with E-state index in [2.05, 4.69) is 29.0 Å². The van der Waals surface area contributed by atoms with Crippen LogP contribution in [0.4, 0.5) is 11.4 Å². The second-order valence-electron chi connectivity index (χ2n) is 7.70. The van der Waals surface area contributed by atoms with Gasteiger partial charge in [-0.15, -0.1) is 0 Å². The van der Waals surface area contributed by atoms with Gasteiger partial charge in [0.2, 0.25) is 0 Å². The molecule has 2 aromatic carbocycles. The molecule has 29 heavy (non-hydrogen) atoms. The molecule has 0 bridgehead atoms. The van der Waals surface area contributed by atoms with E-state index in [9.17, 15) is 0 Å². The Hall–Kier alpha value is -2.87. The van der Waals surface area contributed by atoms with Crippen molar-refractivity contribution in [3.8, 4) is 0 Å². The largest absolute Gasteiger partial charge is 0.398 e. The number of rotatable bonds is 6. The third kappa shape index (κ3) is 5.35. The maximum absolute atomic E-state index is 8.36. The Balaban J connectivity index is 1.65. The van der Waals surface area contributed by atoms with Crippen LogP contribution in [0.15, 0.2) is 54.4 Å². The number of hydrazine groups is 1. The average molecular weight is 394 g/mol. The first kappa shape index (κ1) is 20.9. The zero-order chi connectivity index (χ0) is 21.0. The molecule has 0 atom stereocenters. The Morgan fingerprint density at radius 3 is 2.41 bits per heavy atom.